The van der Waals surface area contributed by atoms with Crippen molar-refractivity contribution in [3.8, 4) is 22.9 Å². The highest BCUT2D eigenvalue weighted by atomic mass is 79.9. The smallest absolute Gasteiger partial charge is 0.225 e. The molecule has 162 valence electrons. The third kappa shape index (κ3) is 5.24. The van der Waals surface area contributed by atoms with Crippen LogP contribution in [0.3, 0.4) is 0 Å². The van der Waals surface area contributed by atoms with E-state index in [0.717, 1.165) is 32.1 Å². The molecule has 5 rings (SSSR count). The minimum atomic E-state index is 0.433. The molecule has 33 heavy (non-hydrogen) atoms. The van der Waals surface area contributed by atoms with E-state index in [9.17, 15) is 0 Å². The Morgan fingerprint density at radius 3 is 2.00 bits per heavy atom. The minimum absolute atomic E-state index is 0.433. The van der Waals surface area contributed by atoms with Gasteiger partial charge in [0.05, 0.1) is 0 Å². The third-order valence-electron chi connectivity index (χ3n) is 5.40. The number of pyridine rings is 1. The molecular formula is C29H22BrNO2. The largest absolute Gasteiger partial charge is 0.473 e. The highest BCUT2D eigenvalue weighted by Crippen LogP contribution is 2.34. The van der Waals surface area contributed by atoms with E-state index in [-0.39, 0.29) is 0 Å². The number of hydrogen-bond acceptors (Lipinski definition) is 3. The van der Waals surface area contributed by atoms with Crippen LogP contribution in [-0.2, 0) is 13.2 Å². The highest BCUT2D eigenvalue weighted by Gasteiger charge is 2.12. The van der Waals surface area contributed by atoms with Crippen molar-refractivity contribution in [3.63, 3.8) is 0 Å². The Hall–Kier alpha value is -3.63. The van der Waals surface area contributed by atoms with Crippen LogP contribution in [0.25, 0.3) is 21.9 Å². The fourth-order valence-corrected chi connectivity index (χ4v) is 4.05. The number of hydrogen-bond donors (Lipinski definition) is 0. The van der Waals surface area contributed by atoms with Crippen molar-refractivity contribution < 1.29 is 9.47 Å². The van der Waals surface area contributed by atoms with Crippen LogP contribution in [0.15, 0.2) is 114 Å². The summed E-state index contributed by atoms with van der Waals surface area (Å²) in [5, 5.41) is 2.34. The van der Waals surface area contributed by atoms with Crippen LogP contribution < -0.4 is 9.47 Å². The zero-order chi connectivity index (χ0) is 22.5. The number of fused-ring (bicyclic) bond motifs is 1. The van der Waals surface area contributed by atoms with Crippen molar-refractivity contribution in [2.75, 3.05) is 0 Å². The van der Waals surface area contributed by atoms with Crippen molar-refractivity contribution in [1.29, 1.82) is 0 Å². The van der Waals surface area contributed by atoms with E-state index >= 15 is 0 Å². The van der Waals surface area contributed by atoms with Gasteiger partial charge >= 0.3 is 0 Å². The van der Waals surface area contributed by atoms with Gasteiger partial charge in [0.15, 0.2) is 0 Å². The topological polar surface area (TPSA) is 31.4 Å². The normalized spacial score (nSPS) is 10.8. The summed E-state index contributed by atoms with van der Waals surface area (Å²) < 4.78 is 13.2. The Balaban J connectivity index is 1.47. The molecule has 0 aliphatic heterocycles. The van der Waals surface area contributed by atoms with E-state index in [4.69, 9.17) is 14.5 Å². The van der Waals surface area contributed by atoms with Crippen LogP contribution in [0.4, 0.5) is 0 Å². The minimum Gasteiger partial charge on any atom is -0.473 e. The van der Waals surface area contributed by atoms with E-state index in [1.807, 2.05) is 72.8 Å². The molecule has 0 bridgehead atoms. The molecule has 0 amide bonds. The van der Waals surface area contributed by atoms with Gasteiger partial charge in [-0.15, -0.1) is 0 Å². The average molecular weight is 496 g/mol. The lowest BCUT2D eigenvalue weighted by molar-refractivity contribution is 0.268. The number of nitrogens with zero attached hydrogens (tertiary/aromatic N) is 1. The van der Waals surface area contributed by atoms with Crippen molar-refractivity contribution >= 4 is 26.7 Å². The molecule has 0 saturated heterocycles. The van der Waals surface area contributed by atoms with Gasteiger partial charge < -0.3 is 9.47 Å². The SMILES string of the molecule is Brc1ccc2ccc(-c3ccc(OCc4ccccc4)nc3OCc3ccccc3)cc2c1. The van der Waals surface area contributed by atoms with Crippen LogP contribution in [0, 0.1) is 0 Å². The van der Waals surface area contributed by atoms with E-state index in [2.05, 4.69) is 52.3 Å². The number of ether oxygens (including phenoxy) is 2. The first-order valence-electron chi connectivity index (χ1n) is 10.8. The second kappa shape index (κ2) is 9.88. The molecule has 0 fully saturated rings. The number of rotatable bonds is 7. The molecule has 1 heterocycles. The third-order valence-corrected chi connectivity index (χ3v) is 5.89. The second-order valence-electron chi connectivity index (χ2n) is 7.76. The summed E-state index contributed by atoms with van der Waals surface area (Å²) in [5.74, 6) is 1.09. The van der Waals surface area contributed by atoms with Crippen molar-refractivity contribution in [1.82, 2.24) is 4.98 Å². The molecule has 0 unspecified atom stereocenters. The molecule has 4 heteroatoms. The fraction of sp³-hybridized carbons (Fsp3) is 0.0690. The lowest BCUT2D eigenvalue weighted by atomic mass is 10.0. The van der Waals surface area contributed by atoms with E-state index in [0.29, 0.717) is 25.0 Å². The molecule has 0 atom stereocenters. The average Bonchev–Trinajstić information content (AvgIpc) is 2.87. The lowest BCUT2D eigenvalue weighted by Gasteiger charge is -2.14. The summed E-state index contributed by atoms with van der Waals surface area (Å²) in [6.45, 7) is 0.886. The monoisotopic (exact) mass is 495 g/mol. The van der Waals surface area contributed by atoms with Gasteiger partial charge in [0.2, 0.25) is 11.8 Å². The van der Waals surface area contributed by atoms with Gasteiger partial charge in [-0.05, 0) is 51.7 Å². The van der Waals surface area contributed by atoms with E-state index in [1.165, 1.54) is 5.39 Å². The van der Waals surface area contributed by atoms with Gasteiger partial charge in [-0.2, -0.15) is 4.98 Å². The maximum atomic E-state index is 6.21. The molecule has 5 aromatic rings. The second-order valence-corrected chi connectivity index (χ2v) is 8.67. The van der Waals surface area contributed by atoms with E-state index in [1.54, 1.807) is 0 Å². The summed E-state index contributed by atoms with van der Waals surface area (Å²) in [4.78, 5) is 4.72. The molecule has 0 aliphatic carbocycles. The molecule has 0 aliphatic rings. The summed E-state index contributed by atoms with van der Waals surface area (Å²) >= 11 is 3.57. The highest BCUT2D eigenvalue weighted by molar-refractivity contribution is 9.10. The van der Waals surface area contributed by atoms with Crippen LogP contribution >= 0.6 is 15.9 Å². The maximum Gasteiger partial charge on any atom is 0.225 e. The lowest BCUT2D eigenvalue weighted by Crippen LogP contribution is -2.02. The molecule has 3 nitrogen and oxygen atoms in total. The van der Waals surface area contributed by atoms with Gasteiger partial charge in [-0.25, -0.2) is 0 Å². The number of benzene rings is 4. The predicted octanol–water partition coefficient (Wildman–Crippen LogP) is 7.82. The molecule has 0 saturated carbocycles. The maximum absolute atomic E-state index is 6.21. The Labute approximate surface area is 201 Å². The van der Waals surface area contributed by atoms with Crippen molar-refractivity contribution in [2.45, 2.75) is 13.2 Å². The van der Waals surface area contributed by atoms with Crippen molar-refractivity contribution in [2.24, 2.45) is 0 Å². The number of halogens is 1. The van der Waals surface area contributed by atoms with Gasteiger partial charge in [0.25, 0.3) is 0 Å². The molecule has 0 spiro atoms. The Morgan fingerprint density at radius 2 is 1.27 bits per heavy atom. The Bertz CT molecular complexity index is 1370. The zero-order valence-corrected chi connectivity index (χ0v) is 19.5. The van der Waals surface area contributed by atoms with Crippen LogP contribution in [0.5, 0.6) is 11.8 Å². The Morgan fingerprint density at radius 1 is 0.606 bits per heavy atom. The summed E-state index contributed by atoms with van der Waals surface area (Å²) in [6, 6.07) is 36.8. The summed E-state index contributed by atoms with van der Waals surface area (Å²) in [5.41, 5.74) is 4.16. The molecule has 0 radical (unpaired) electrons. The van der Waals surface area contributed by atoms with Crippen LogP contribution in [-0.4, -0.2) is 4.98 Å². The number of aromatic nitrogens is 1. The first kappa shape index (κ1) is 21.2. The fourth-order valence-electron chi connectivity index (χ4n) is 3.68. The Kier molecular flexibility index (Phi) is 6.36. The summed E-state index contributed by atoms with van der Waals surface area (Å²) in [6.07, 6.45) is 0. The first-order valence-corrected chi connectivity index (χ1v) is 11.6. The summed E-state index contributed by atoms with van der Waals surface area (Å²) in [7, 11) is 0. The van der Waals surface area contributed by atoms with Gasteiger partial charge in [-0.3, -0.25) is 0 Å². The molecular weight excluding hydrogens is 474 g/mol. The molecule has 0 N–H and O–H groups in total. The first-order chi connectivity index (χ1) is 16.2. The zero-order valence-electron chi connectivity index (χ0n) is 17.9. The van der Waals surface area contributed by atoms with Crippen LogP contribution in [0.2, 0.25) is 0 Å². The van der Waals surface area contributed by atoms with Gasteiger partial charge in [0.1, 0.15) is 13.2 Å². The van der Waals surface area contributed by atoms with Crippen LogP contribution in [0.1, 0.15) is 11.1 Å². The molecule has 1 aromatic heterocycles. The quantitative estimate of drug-likeness (QED) is 0.230. The van der Waals surface area contributed by atoms with Crippen molar-refractivity contribution in [3.05, 3.63) is 125 Å². The standard InChI is InChI=1S/C29H22BrNO2/c30-26-14-13-23-11-12-24(17-25(23)18-26)27-15-16-28(32-19-21-7-3-1-4-8-21)31-29(27)33-20-22-9-5-2-6-10-22/h1-18H,19-20H2. The molecule has 4 aromatic carbocycles. The van der Waals surface area contributed by atoms with Gasteiger partial charge in [-0.1, -0.05) is 94.8 Å². The van der Waals surface area contributed by atoms with E-state index < -0.39 is 0 Å². The van der Waals surface area contributed by atoms with Gasteiger partial charge in [0, 0.05) is 16.1 Å². The predicted molar refractivity (Wildman–Crippen MR) is 136 cm³/mol.